The summed E-state index contributed by atoms with van der Waals surface area (Å²) >= 11 is 0. The number of hydrogen-bond donors (Lipinski definition) is 1. The molecule has 8 nitrogen and oxygen atoms in total. The second-order valence-corrected chi connectivity index (χ2v) is 7.99. The minimum atomic E-state index is -4.58. The van der Waals surface area contributed by atoms with Crippen LogP contribution in [0.1, 0.15) is 48.4 Å². The van der Waals surface area contributed by atoms with Gasteiger partial charge in [0, 0.05) is 10.6 Å². The van der Waals surface area contributed by atoms with Crippen molar-refractivity contribution in [3.05, 3.63) is 53.6 Å². The van der Waals surface area contributed by atoms with Crippen LogP contribution in [-0.4, -0.2) is 37.1 Å². The van der Waals surface area contributed by atoms with Crippen molar-refractivity contribution < 1.29 is 66.3 Å². The summed E-state index contributed by atoms with van der Waals surface area (Å²) in [5.41, 5.74) is 0.0330. The van der Waals surface area contributed by atoms with Crippen LogP contribution < -0.4 is 34.3 Å². The number of ether oxygens (including phenoxy) is 3. The van der Waals surface area contributed by atoms with Gasteiger partial charge in [0.1, 0.15) is 5.75 Å². The Morgan fingerprint density at radius 3 is 1.90 bits per heavy atom. The van der Waals surface area contributed by atoms with E-state index in [9.17, 15) is 22.6 Å². The van der Waals surface area contributed by atoms with Crippen LogP contribution in [0.25, 0.3) is 0 Å². The van der Waals surface area contributed by atoms with Gasteiger partial charge in [0.15, 0.2) is 0 Å². The van der Waals surface area contributed by atoms with Gasteiger partial charge in [-0.2, -0.15) is 18.2 Å². The number of carbonyl (C=O) groups is 2. The van der Waals surface area contributed by atoms with E-state index in [1.165, 1.54) is 30.3 Å². The zero-order valence-corrected chi connectivity index (χ0v) is 20.1. The van der Waals surface area contributed by atoms with Crippen molar-refractivity contribution in [2.45, 2.75) is 44.8 Å². The van der Waals surface area contributed by atoms with Crippen LogP contribution in [0.3, 0.4) is 0 Å². The van der Waals surface area contributed by atoms with Crippen molar-refractivity contribution in [3.8, 4) is 11.5 Å². The zero-order valence-electron chi connectivity index (χ0n) is 17.3. The smallest absolute Gasteiger partial charge is 0.481 e. The number of rotatable bonds is 7. The van der Waals surface area contributed by atoms with Crippen molar-refractivity contribution in [1.29, 1.82) is 0 Å². The Labute approximate surface area is 197 Å². The number of carbonyl (C=O) groups excluding carboxylic acids is 2. The summed E-state index contributed by atoms with van der Waals surface area (Å²) < 4.78 is 48.3. The molecule has 0 fully saturated rings. The molecule has 0 spiro atoms. The third kappa shape index (κ3) is 7.41. The Morgan fingerprint density at radius 1 is 0.967 bits per heavy atom. The Hall–Kier alpha value is -1.91. The Kier molecular flexibility index (Phi) is 9.51. The predicted octanol–water partition coefficient (Wildman–Crippen LogP) is 0.660. The van der Waals surface area contributed by atoms with Gasteiger partial charge in [0.2, 0.25) is 10.1 Å². The van der Waals surface area contributed by atoms with E-state index in [-0.39, 0.29) is 52.2 Å². The molecule has 0 saturated heterocycles. The minimum Gasteiger partial charge on any atom is -0.481 e. The molecule has 2 aromatic carbocycles. The van der Waals surface area contributed by atoms with Gasteiger partial charge in [0.05, 0.1) is 23.3 Å². The average Bonchev–Trinajstić information content (AvgIpc) is 2.60. The fourth-order valence-corrected chi connectivity index (χ4v) is 2.85. The quantitative estimate of drug-likeness (QED) is 0.287. The molecule has 1 N–H and O–H groups in total. The second-order valence-electron chi connectivity index (χ2n) is 6.60. The second kappa shape index (κ2) is 10.9. The van der Waals surface area contributed by atoms with Crippen molar-refractivity contribution in [2.24, 2.45) is 0 Å². The van der Waals surface area contributed by atoms with Gasteiger partial charge in [-0.15, -0.1) is 6.07 Å². The van der Waals surface area contributed by atoms with Crippen molar-refractivity contribution in [3.63, 3.8) is 0 Å². The molecular formula is C20H21NaO8S. The van der Waals surface area contributed by atoms with E-state index in [0.29, 0.717) is 0 Å². The fourth-order valence-electron chi connectivity index (χ4n) is 2.27. The van der Waals surface area contributed by atoms with Crippen LogP contribution in [0.15, 0.2) is 41.3 Å². The summed E-state index contributed by atoms with van der Waals surface area (Å²) in [6, 6.07) is 10.1. The molecular weight excluding hydrogens is 423 g/mol. The summed E-state index contributed by atoms with van der Waals surface area (Å²) in [7, 11) is -4.58. The molecule has 0 bridgehead atoms. The summed E-state index contributed by atoms with van der Waals surface area (Å²) in [5, 5.41) is 0. The molecule has 0 aliphatic carbocycles. The molecule has 2 rings (SSSR count). The third-order valence-corrected chi connectivity index (χ3v) is 4.23. The number of benzene rings is 2. The first-order valence-corrected chi connectivity index (χ1v) is 10.1. The molecule has 0 unspecified atom stereocenters. The van der Waals surface area contributed by atoms with E-state index in [4.69, 9.17) is 14.2 Å². The maximum Gasteiger partial charge on any atom is 1.00 e. The summed E-state index contributed by atoms with van der Waals surface area (Å²) in [6.07, 6.45) is -0.789. The SMILES string of the molecule is CC(C)OC(=O)c1cc(Oc2cc[c-]cc2S(=O)(=O)O)cc(C(=O)OC(C)C)c1.[Na+]. The monoisotopic (exact) mass is 444 g/mol. The first kappa shape index (κ1) is 26.1. The van der Waals surface area contributed by atoms with E-state index in [2.05, 4.69) is 6.07 Å². The maximum absolute atomic E-state index is 12.3. The fraction of sp³-hybridized carbons (Fsp3) is 0.300. The van der Waals surface area contributed by atoms with Gasteiger partial charge in [-0.1, -0.05) is 0 Å². The van der Waals surface area contributed by atoms with Gasteiger partial charge in [-0.3, -0.25) is 4.55 Å². The van der Waals surface area contributed by atoms with Crippen LogP contribution in [-0.2, 0) is 19.6 Å². The maximum atomic E-state index is 12.3. The van der Waals surface area contributed by atoms with Crippen LogP contribution in [0.4, 0.5) is 0 Å². The number of hydrogen-bond acceptors (Lipinski definition) is 7. The molecule has 0 saturated carbocycles. The van der Waals surface area contributed by atoms with Gasteiger partial charge in [-0.05, 0) is 45.9 Å². The normalized spacial score (nSPS) is 11.0. The molecule has 0 aliphatic rings. The predicted molar refractivity (Wildman–Crippen MR) is 103 cm³/mol. The molecule has 156 valence electrons. The van der Waals surface area contributed by atoms with E-state index in [1.54, 1.807) is 27.7 Å². The molecule has 10 heteroatoms. The Morgan fingerprint density at radius 2 is 1.47 bits per heavy atom. The molecule has 0 heterocycles. The summed E-state index contributed by atoms with van der Waals surface area (Å²) in [5.74, 6) is -1.61. The molecule has 2 aromatic rings. The van der Waals surface area contributed by atoms with E-state index >= 15 is 0 Å². The summed E-state index contributed by atoms with van der Waals surface area (Å²) in [4.78, 5) is 24.1. The van der Waals surface area contributed by atoms with Crippen molar-refractivity contribution in [2.75, 3.05) is 0 Å². The van der Waals surface area contributed by atoms with Gasteiger partial charge in [-0.25, -0.2) is 18.0 Å². The standard InChI is InChI=1S/C20H21O8S.Na/c1-12(2)26-19(21)14-9-15(20(22)27-13(3)4)11-16(10-14)28-17-7-5-6-8-18(17)29(23,24)25;/h5,7-13H,1-4H3,(H,23,24,25);/q-1;+1. The van der Waals surface area contributed by atoms with E-state index < -0.39 is 39.2 Å². The number of esters is 2. The van der Waals surface area contributed by atoms with Gasteiger partial charge >= 0.3 is 41.5 Å². The van der Waals surface area contributed by atoms with Crippen LogP contribution >= 0.6 is 0 Å². The molecule has 0 atom stereocenters. The van der Waals surface area contributed by atoms with Crippen LogP contribution in [0.5, 0.6) is 11.5 Å². The average molecular weight is 444 g/mol. The van der Waals surface area contributed by atoms with Gasteiger partial charge in [0.25, 0.3) is 0 Å². The molecule has 0 aromatic heterocycles. The Balaban J connectivity index is 0.00000450. The first-order valence-electron chi connectivity index (χ1n) is 8.70. The minimum absolute atomic E-state index is 0. The van der Waals surface area contributed by atoms with Crippen LogP contribution in [0, 0.1) is 6.07 Å². The molecule has 0 amide bonds. The van der Waals surface area contributed by atoms with E-state index in [1.807, 2.05) is 0 Å². The first-order chi connectivity index (χ1) is 13.5. The molecule has 30 heavy (non-hydrogen) atoms. The largest absolute Gasteiger partial charge is 1.00 e. The van der Waals surface area contributed by atoms with Crippen molar-refractivity contribution >= 4 is 22.1 Å². The zero-order chi connectivity index (χ0) is 21.8. The third-order valence-electron chi connectivity index (χ3n) is 3.36. The Bertz CT molecular complexity index is 975. The van der Waals surface area contributed by atoms with Crippen molar-refractivity contribution in [1.82, 2.24) is 0 Å². The topological polar surface area (TPSA) is 116 Å². The summed E-state index contributed by atoms with van der Waals surface area (Å²) in [6.45, 7) is 6.69. The van der Waals surface area contributed by atoms with E-state index in [0.717, 1.165) is 6.07 Å². The van der Waals surface area contributed by atoms with Crippen LogP contribution in [0.2, 0.25) is 0 Å². The van der Waals surface area contributed by atoms with Gasteiger partial charge < -0.3 is 14.2 Å². The molecule has 0 aliphatic heterocycles. The molecule has 0 radical (unpaired) electrons.